The van der Waals surface area contributed by atoms with Gasteiger partial charge in [0.2, 0.25) is 0 Å². The standard InChI is InChI=1S/C16H34O6S2/c1-5-14(17)9-22-11-16(2,3)8-6-7-15(18)10-23-13-24(19,20)12-21-4/h14-15,17-18H,5-13H2,1-4H3. The van der Waals surface area contributed by atoms with Gasteiger partial charge < -0.3 is 19.7 Å². The zero-order chi connectivity index (χ0) is 18.6. The van der Waals surface area contributed by atoms with Gasteiger partial charge in [0.1, 0.15) is 5.94 Å². The monoisotopic (exact) mass is 386 g/mol. The Balaban J connectivity index is 3.84. The molecule has 24 heavy (non-hydrogen) atoms. The molecule has 8 heteroatoms. The maximum atomic E-state index is 11.5. The third-order valence-corrected chi connectivity index (χ3v) is 6.85. The second-order valence-electron chi connectivity index (χ2n) is 6.93. The molecule has 0 bridgehead atoms. The van der Waals surface area contributed by atoms with Gasteiger partial charge in [0.15, 0.2) is 9.84 Å². The first-order valence-corrected chi connectivity index (χ1v) is 11.3. The molecule has 0 spiro atoms. The van der Waals surface area contributed by atoms with Gasteiger partial charge in [-0.1, -0.05) is 27.2 Å². The first-order chi connectivity index (χ1) is 11.1. The average molecular weight is 387 g/mol. The normalized spacial score (nSPS) is 15.4. The predicted octanol–water partition coefficient (Wildman–Crippen LogP) is 2.04. The summed E-state index contributed by atoms with van der Waals surface area (Å²) in [5, 5.41) is 19.4. The van der Waals surface area contributed by atoms with Crippen LogP contribution >= 0.6 is 11.8 Å². The van der Waals surface area contributed by atoms with Crippen molar-refractivity contribution in [3.05, 3.63) is 0 Å². The minimum absolute atomic E-state index is 0.0118. The van der Waals surface area contributed by atoms with Crippen LogP contribution in [-0.2, 0) is 19.3 Å². The number of aliphatic hydroxyl groups excluding tert-OH is 2. The second-order valence-corrected chi connectivity index (χ2v) is 10.3. The molecule has 0 aromatic rings. The van der Waals surface area contributed by atoms with Crippen molar-refractivity contribution in [2.24, 2.45) is 5.41 Å². The van der Waals surface area contributed by atoms with Gasteiger partial charge in [-0.25, -0.2) is 8.42 Å². The average Bonchev–Trinajstić information content (AvgIpc) is 2.46. The van der Waals surface area contributed by atoms with E-state index in [0.29, 0.717) is 31.8 Å². The van der Waals surface area contributed by atoms with E-state index in [2.05, 4.69) is 18.6 Å². The molecule has 0 aliphatic heterocycles. The van der Waals surface area contributed by atoms with Crippen LogP contribution in [0.25, 0.3) is 0 Å². The fourth-order valence-corrected chi connectivity index (χ4v) is 4.56. The Hall–Kier alpha value is 0.140. The van der Waals surface area contributed by atoms with Crippen molar-refractivity contribution < 1.29 is 28.1 Å². The summed E-state index contributed by atoms with van der Waals surface area (Å²) >= 11 is 1.22. The summed E-state index contributed by atoms with van der Waals surface area (Å²) in [5.41, 5.74) is -0.0118. The van der Waals surface area contributed by atoms with Gasteiger partial charge in [-0.2, -0.15) is 0 Å². The lowest BCUT2D eigenvalue weighted by atomic mass is 9.88. The highest BCUT2D eigenvalue weighted by Crippen LogP contribution is 2.24. The van der Waals surface area contributed by atoms with E-state index in [0.717, 1.165) is 12.8 Å². The Bertz CT molecular complexity index is 411. The zero-order valence-corrected chi connectivity index (χ0v) is 17.0. The largest absolute Gasteiger partial charge is 0.392 e. The lowest BCUT2D eigenvalue weighted by Crippen LogP contribution is -2.24. The molecule has 0 aliphatic rings. The summed E-state index contributed by atoms with van der Waals surface area (Å²) < 4.78 is 33.1. The molecule has 2 N–H and O–H groups in total. The highest BCUT2D eigenvalue weighted by Gasteiger charge is 2.19. The first kappa shape index (κ1) is 24.1. The van der Waals surface area contributed by atoms with E-state index in [-0.39, 0.29) is 16.4 Å². The van der Waals surface area contributed by atoms with Gasteiger partial charge in [0.05, 0.1) is 30.5 Å². The molecule has 0 saturated carbocycles. The maximum absolute atomic E-state index is 11.5. The predicted molar refractivity (Wildman–Crippen MR) is 98.9 cm³/mol. The van der Waals surface area contributed by atoms with E-state index in [4.69, 9.17) is 4.74 Å². The van der Waals surface area contributed by atoms with E-state index in [9.17, 15) is 18.6 Å². The molecule has 6 nitrogen and oxygen atoms in total. The fourth-order valence-electron chi connectivity index (χ4n) is 2.09. The van der Waals surface area contributed by atoms with Crippen molar-refractivity contribution in [2.45, 2.75) is 58.7 Å². The Morgan fingerprint density at radius 2 is 1.88 bits per heavy atom. The third kappa shape index (κ3) is 13.4. The molecule has 0 amide bonds. The van der Waals surface area contributed by atoms with Crippen LogP contribution in [0.5, 0.6) is 0 Å². The van der Waals surface area contributed by atoms with Crippen LogP contribution in [0.2, 0.25) is 0 Å². The van der Waals surface area contributed by atoms with E-state index >= 15 is 0 Å². The smallest absolute Gasteiger partial charge is 0.183 e. The minimum Gasteiger partial charge on any atom is -0.392 e. The van der Waals surface area contributed by atoms with Crippen LogP contribution in [-0.4, -0.2) is 67.9 Å². The molecule has 2 atom stereocenters. The van der Waals surface area contributed by atoms with Gasteiger partial charge in [-0.05, 0) is 24.7 Å². The Labute approximate surface area is 151 Å². The van der Waals surface area contributed by atoms with Crippen LogP contribution in [0.3, 0.4) is 0 Å². The van der Waals surface area contributed by atoms with E-state index in [1.165, 1.54) is 18.9 Å². The third-order valence-electron chi connectivity index (χ3n) is 3.54. The molecule has 146 valence electrons. The number of thioether (sulfide) groups is 1. The highest BCUT2D eigenvalue weighted by atomic mass is 32.3. The van der Waals surface area contributed by atoms with Gasteiger partial charge in [0, 0.05) is 12.9 Å². The number of methoxy groups -OCH3 is 1. The Kier molecular flexibility index (Phi) is 12.6. The zero-order valence-electron chi connectivity index (χ0n) is 15.4. The summed E-state index contributed by atoms with van der Waals surface area (Å²) in [6, 6.07) is 0. The topological polar surface area (TPSA) is 93.1 Å². The quantitative estimate of drug-likeness (QED) is 0.445. The number of ether oxygens (including phenoxy) is 2. The van der Waals surface area contributed by atoms with Crippen LogP contribution in [0.1, 0.15) is 46.5 Å². The van der Waals surface area contributed by atoms with Crippen molar-refractivity contribution in [3.8, 4) is 0 Å². The van der Waals surface area contributed by atoms with Crippen molar-refractivity contribution in [1.82, 2.24) is 0 Å². The van der Waals surface area contributed by atoms with Crippen LogP contribution in [0, 0.1) is 5.41 Å². The molecule has 0 rings (SSSR count). The molecule has 0 heterocycles. The van der Waals surface area contributed by atoms with Gasteiger partial charge in [0.25, 0.3) is 0 Å². The van der Waals surface area contributed by atoms with E-state index < -0.39 is 22.0 Å². The number of rotatable bonds is 15. The molecular weight excluding hydrogens is 352 g/mol. The first-order valence-electron chi connectivity index (χ1n) is 8.33. The number of sulfone groups is 1. The summed E-state index contributed by atoms with van der Waals surface area (Å²) in [4.78, 5) is 0. The van der Waals surface area contributed by atoms with Crippen LogP contribution < -0.4 is 0 Å². The molecule has 0 radical (unpaired) electrons. The van der Waals surface area contributed by atoms with Crippen molar-refractivity contribution in [2.75, 3.05) is 37.1 Å². The van der Waals surface area contributed by atoms with Crippen molar-refractivity contribution in [3.63, 3.8) is 0 Å². The highest BCUT2D eigenvalue weighted by molar-refractivity contribution is 8.12. The summed E-state index contributed by atoms with van der Waals surface area (Å²) in [7, 11) is -1.85. The van der Waals surface area contributed by atoms with Crippen LogP contribution in [0.15, 0.2) is 0 Å². The van der Waals surface area contributed by atoms with Gasteiger partial charge >= 0.3 is 0 Å². The molecule has 0 aromatic carbocycles. The molecule has 2 unspecified atom stereocenters. The maximum Gasteiger partial charge on any atom is 0.183 e. The minimum atomic E-state index is -3.20. The second kappa shape index (κ2) is 12.5. The van der Waals surface area contributed by atoms with Crippen LogP contribution in [0.4, 0.5) is 0 Å². The number of hydrogen-bond acceptors (Lipinski definition) is 7. The Morgan fingerprint density at radius 3 is 2.46 bits per heavy atom. The van der Waals surface area contributed by atoms with Gasteiger partial charge in [-0.3, -0.25) is 0 Å². The van der Waals surface area contributed by atoms with Crippen molar-refractivity contribution in [1.29, 1.82) is 0 Å². The molecule has 0 aromatic heterocycles. The van der Waals surface area contributed by atoms with E-state index in [1.807, 2.05) is 6.92 Å². The lowest BCUT2D eigenvalue weighted by Gasteiger charge is -2.25. The molecule has 0 fully saturated rings. The molecule has 0 aliphatic carbocycles. The SMILES string of the molecule is CCC(O)COCC(C)(C)CCCC(O)CSCS(=O)(=O)COC. The Morgan fingerprint density at radius 1 is 1.21 bits per heavy atom. The number of hydrogen-bond donors (Lipinski definition) is 2. The summed E-state index contributed by atoms with van der Waals surface area (Å²) in [6.07, 6.45) is 2.15. The molecule has 0 saturated heterocycles. The summed E-state index contributed by atoms with van der Waals surface area (Å²) in [6.45, 7) is 7.05. The van der Waals surface area contributed by atoms with Crippen molar-refractivity contribution >= 4 is 21.6 Å². The lowest BCUT2D eigenvalue weighted by molar-refractivity contribution is -0.00227. The van der Waals surface area contributed by atoms with Gasteiger partial charge in [-0.15, -0.1) is 11.8 Å². The molecular formula is C16H34O6S2. The summed E-state index contributed by atoms with van der Waals surface area (Å²) in [5.74, 6) is 0.125. The fraction of sp³-hybridized carbons (Fsp3) is 1.00. The van der Waals surface area contributed by atoms with E-state index in [1.54, 1.807) is 0 Å². The number of aliphatic hydroxyl groups is 2.